The van der Waals surface area contributed by atoms with Crippen LogP contribution in [0.4, 0.5) is 16.2 Å². The second-order valence-electron chi connectivity index (χ2n) is 6.52. The number of hydrogen-bond acceptors (Lipinski definition) is 4. The fraction of sp³-hybridized carbons (Fsp3) is 0.286. The number of benzene rings is 2. The molecule has 0 aromatic heterocycles. The predicted octanol–water partition coefficient (Wildman–Crippen LogP) is 3.45. The summed E-state index contributed by atoms with van der Waals surface area (Å²) in [6, 6.07) is 11.3. The summed E-state index contributed by atoms with van der Waals surface area (Å²) in [7, 11) is 3.30. The van der Waals surface area contributed by atoms with Gasteiger partial charge in [-0.05, 0) is 49.2 Å². The summed E-state index contributed by atoms with van der Waals surface area (Å²) in [5.74, 6) is -0.618. The summed E-state index contributed by atoms with van der Waals surface area (Å²) in [6.45, 7) is 2.23. The number of nitrogens with one attached hydrogen (secondary N) is 2. The van der Waals surface area contributed by atoms with Crippen LogP contribution >= 0.6 is 0 Å². The van der Waals surface area contributed by atoms with E-state index in [1.807, 2.05) is 6.92 Å². The molecule has 0 atom stereocenters. The average Bonchev–Trinajstić information content (AvgIpc) is 2.67. The first-order valence-corrected chi connectivity index (χ1v) is 9.17. The monoisotopic (exact) mass is 399 g/mol. The number of carboxylic acid groups (broad SMARTS) is 1. The molecule has 0 bridgehead atoms. The Bertz CT molecular complexity index is 896. The number of ether oxygens (including phenoxy) is 1. The molecule has 2 rings (SSSR count). The van der Waals surface area contributed by atoms with Crippen LogP contribution in [0.25, 0.3) is 0 Å². The van der Waals surface area contributed by atoms with Gasteiger partial charge in [-0.3, -0.25) is 9.59 Å². The SMILES string of the molecule is CCOc1ccc(C(=O)N(C)C)cc1NC(=O)Nc1cccc(CCC(=O)O)c1. The number of carbonyl (C=O) groups is 3. The highest BCUT2D eigenvalue weighted by atomic mass is 16.5. The van der Waals surface area contributed by atoms with Gasteiger partial charge in [0.1, 0.15) is 5.75 Å². The molecule has 0 unspecified atom stereocenters. The average molecular weight is 399 g/mol. The molecule has 2 aromatic carbocycles. The zero-order chi connectivity index (χ0) is 21.4. The number of urea groups is 1. The summed E-state index contributed by atoms with van der Waals surface area (Å²) >= 11 is 0. The Morgan fingerprint density at radius 2 is 1.83 bits per heavy atom. The van der Waals surface area contributed by atoms with Gasteiger partial charge in [-0.1, -0.05) is 12.1 Å². The lowest BCUT2D eigenvalue weighted by Crippen LogP contribution is -2.23. The van der Waals surface area contributed by atoms with Gasteiger partial charge in [0.15, 0.2) is 0 Å². The van der Waals surface area contributed by atoms with Crippen LogP contribution in [0, 0.1) is 0 Å². The molecule has 154 valence electrons. The van der Waals surface area contributed by atoms with Crippen molar-refractivity contribution >= 4 is 29.3 Å². The van der Waals surface area contributed by atoms with Crippen molar-refractivity contribution in [3.63, 3.8) is 0 Å². The van der Waals surface area contributed by atoms with Crippen molar-refractivity contribution in [2.24, 2.45) is 0 Å². The molecule has 3 N–H and O–H groups in total. The third-order valence-corrected chi connectivity index (χ3v) is 3.99. The molecule has 0 saturated carbocycles. The van der Waals surface area contributed by atoms with E-state index in [0.717, 1.165) is 5.56 Å². The zero-order valence-electron chi connectivity index (χ0n) is 16.7. The van der Waals surface area contributed by atoms with E-state index in [9.17, 15) is 14.4 Å². The fourth-order valence-corrected chi connectivity index (χ4v) is 2.64. The molecule has 0 fully saturated rings. The minimum atomic E-state index is -0.878. The number of nitrogens with zero attached hydrogens (tertiary/aromatic N) is 1. The van der Waals surface area contributed by atoms with Crippen LogP contribution in [0.2, 0.25) is 0 Å². The van der Waals surface area contributed by atoms with Crippen molar-refractivity contribution in [1.29, 1.82) is 0 Å². The van der Waals surface area contributed by atoms with Crippen LogP contribution in [0.15, 0.2) is 42.5 Å². The lowest BCUT2D eigenvalue weighted by atomic mass is 10.1. The lowest BCUT2D eigenvalue weighted by Gasteiger charge is -2.15. The van der Waals surface area contributed by atoms with Crippen LogP contribution in [0.1, 0.15) is 29.3 Å². The third kappa shape index (κ3) is 6.53. The first-order chi connectivity index (χ1) is 13.8. The molecule has 8 heteroatoms. The number of rotatable bonds is 8. The molecule has 0 aliphatic rings. The van der Waals surface area contributed by atoms with Crippen molar-refractivity contribution in [3.8, 4) is 5.75 Å². The topological polar surface area (TPSA) is 108 Å². The van der Waals surface area contributed by atoms with E-state index >= 15 is 0 Å². The Labute approximate surface area is 169 Å². The van der Waals surface area contributed by atoms with Crippen LogP contribution in [0.3, 0.4) is 0 Å². The van der Waals surface area contributed by atoms with Crippen LogP contribution in [0.5, 0.6) is 5.75 Å². The van der Waals surface area contributed by atoms with E-state index < -0.39 is 12.0 Å². The highest BCUT2D eigenvalue weighted by molar-refractivity contribution is 6.02. The number of amides is 3. The smallest absolute Gasteiger partial charge is 0.323 e. The zero-order valence-corrected chi connectivity index (χ0v) is 16.7. The Hall–Kier alpha value is -3.55. The first-order valence-electron chi connectivity index (χ1n) is 9.17. The van der Waals surface area contributed by atoms with Gasteiger partial charge in [0.25, 0.3) is 5.91 Å². The normalized spacial score (nSPS) is 10.2. The van der Waals surface area contributed by atoms with Gasteiger partial charge in [0.05, 0.1) is 12.3 Å². The molecule has 0 saturated heterocycles. The van der Waals surface area contributed by atoms with Crippen molar-refractivity contribution in [3.05, 3.63) is 53.6 Å². The minimum absolute atomic E-state index is 0.0140. The number of hydrogen-bond donors (Lipinski definition) is 3. The molecule has 3 amide bonds. The van der Waals surface area contributed by atoms with Gasteiger partial charge in [0, 0.05) is 31.8 Å². The van der Waals surface area contributed by atoms with E-state index in [1.54, 1.807) is 56.6 Å². The first kappa shape index (κ1) is 21.7. The van der Waals surface area contributed by atoms with Gasteiger partial charge in [-0.15, -0.1) is 0 Å². The quantitative estimate of drug-likeness (QED) is 0.630. The van der Waals surface area contributed by atoms with Gasteiger partial charge in [0.2, 0.25) is 0 Å². The van der Waals surface area contributed by atoms with E-state index in [-0.39, 0.29) is 12.3 Å². The fourth-order valence-electron chi connectivity index (χ4n) is 2.64. The molecule has 8 nitrogen and oxygen atoms in total. The molecular formula is C21H25N3O5. The van der Waals surface area contributed by atoms with E-state index in [1.165, 1.54) is 4.90 Å². The summed E-state index contributed by atoms with van der Waals surface area (Å²) in [5, 5.41) is 14.2. The Morgan fingerprint density at radius 3 is 2.48 bits per heavy atom. The molecular weight excluding hydrogens is 374 g/mol. The predicted molar refractivity (Wildman–Crippen MR) is 111 cm³/mol. The number of anilines is 2. The molecule has 0 radical (unpaired) electrons. The molecule has 0 spiro atoms. The Balaban J connectivity index is 2.14. The van der Waals surface area contributed by atoms with Crippen LogP contribution in [-0.4, -0.2) is 48.6 Å². The van der Waals surface area contributed by atoms with Crippen LogP contribution in [-0.2, 0) is 11.2 Å². The van der Waals surface area contributed by atoms with Crippen molar-refractivity contribution in [1.82, 2.24) is 4.90 Å². The molecule has 0 aliphatic heterocycles. The lowest BCUT2D eigenvalue weighted by molar-refractivity contribution is -0.136. The number of carboxylic acids is 1. The number of aryl methyl sites for hydroxylation is 1. The summed E-state index contributed by atoms with van der Waals surface area (Å²) in [5.41, 5.74) is 2.13. The third-order valence-electron chi connectivity index (χ3n) is 3.99. The second-order valence-corrected chi connectivity index (χ2v) is 6.52. The molecule has 2 aromatic rings. The van der Waals surface area contributed by atoms with Crippen molar-refractivity contribution in [2.45, 2.75) is 19.8 Å². The maximum absolute atomic E-state index is 12.5. The van der Waals surface area contributed by atoms with Gasteiger partial charge >= 0.3 is 12.0 Å². The second kappa shape index (κ2) is 10.1. The van der Waals surface area contributed by atoms with E-state index in [2.05, 4.69) is 10.6 Å². The van der Waals surface area contributed by atoms with E-state index in [0.29, 0.717) is 35.7 Å². The maximum atomic E-state index is 12.5. The van der Waals surface area contributed by atoms with E-state index in [4.69, 9.17) is 9.84 Å². The summed E-state index contributed by atoms with van der Waals surface area (Å²) < 4.78 is 5.53. The Morgan fingerprint density at radius 1 is 1.07 bits per heavy atom. The van der Waals surface area contributed by atoms with Crippen LogP contribution < -0.4 is 15.4 Å². The van der Waals surface area contributed by atoms with Crippen molar-refractivity contribution in [2.75, 3.05) is 31.3 Å². The summed E-state index contributed by atoms with van der Waals surface area (Å²) in [4.78, 5) is 36.8. The molecule has 29 heavy (non-hydrogen) atoms. The van der Waals surface area contributed by atoms with Gasteiger partial charge < -0.3 is 25.4 Å². The molecule has 0 heterocycles. The van der Waals surface area contributed by atoms with Crippen molar-refractivity contribution < 1.29 is 24.2 Å². The Kier molecular flexibility index (Phi) is 7.59. The largest absolute Gasteiger partial charge is 0.492 e. The standard InChI is InChI=1S/C21H25N3O5/c1-4-29-18-10-9-15(20(27)24(2)3)13-17(18)23-21(28)22-16-7-5-6-14(12-16)8-11-19(25)26/h5-7,9-10,12-13H,4,8,11H2,1-3H3,(H,25,26)(H2,22,23,28). The van der Waals surface area contributed by atoms with Gasteiger partial charge in [-0.2, -0.15) is 0 Å². The highest BCUT2D eigenvalue weighted by Gasteiger charge is 2.14. The number of carbonyl (C=O) groups excluding carboxylic acids is 2. The minimum Gasteiger partial charge on any atom is -0.492 e. The summed E-state index contributed by atoms with van der Waals surface area (Å²) in [6.07, 6.45) is 0.385. The van der Waals surface area contributed by atoms with Gasteiger partial charge in [-0.25, -0.2) is 4.79 Å². The maximum Gasteiger partial charge on any atom is 0.323 e. The number of aliphatic carboxylic acids is 1. The highest BCUT2D eigenvalue weighted by Crippen LogP contribution is 2.27. The molecule has 0 aliphatic carbocycles.